The summed E-state index contributed by atoms with van der Waals surface area (Å²) in [6, 6.07) is 5.51. The lowest BCUT2D eigenvalue weighted by molar-refractivity contribution is -0.156. The van der Waals surface area contributed by atoms with Crippen molar-refractivity contribution >= 4 is 17.7 Å². The van der Waals surface area contributed by atoms with E-state index in [1.54, 1.807) is 21.9 Å². The topological polar surface area (TPSA) is 70.2 Å². The minimum Gasteiger partial charge on any atom is -0.381 e. The summed E-state index contributed by atoms with van der Waals surface area (Å²) in [6.45, 7) is 2.69. The number of hydrogen-bond acceptors (Lipinski definition) is 4. The van der Waals surface area contributed by atoms with Gasteiger partial charge in [0.15, 0.2) is 0 Å². The molecule has 1 unspecified atom stereocenters. The number of ether oxygens (including phenoxy) is 1. The lowest BCUT2D eigenvalue weighted by Gasteiger charge is -2.39. The van der Waals surface area contributed by atoms with Gasteiger partial charge in [-0.1, -0.05) is 12.1 Å². The van der Waals surface area contributed by atoms with Crippen LogP contribution < -0.4 is 0 Å². The van der Waals surface area contributed by atoms with Crippen molar-refractivity contribution in [3.63, 3.8) is 0 Å². The van der Waals surface area contributed by atoms with Gasteiger partial charge in [0.25, 0.3) is 0 Å². The average molecular weight is 403 g/mol. The Hall–Kier alpha value is -2.48. The molecular weight excluding hydrogens is 377 g/mol. The van der Waals surface area contributed by atoms with Crippen molar-refractivity contribution in [2.75, 3.05) is 39.4 Å². The highest BCUT2D eigenvalue weighted by molar-refractivity contribution is 5.95. The zero-order valence-electron chi connectivity index (χ0n) is 16.4. The first-order valence-electron chi connectivity index (χ1n) is 10.2. The number of halogens is 1. The van der Waals surface area contributed by atoms with Crippen molar-refractivity contribution in [2.24, 2.45) is 5.92 Å². The molecule has 3 heterocycles. The molecule has 3 aliphatic rings. The monoisotopic (exact) mass is 403 g/mol. The Kier molecular flexibility index (Phi) is 5.80. The highest BCUT2D eigenvalue weighted by Gasteiger charge is 2.41. The fourth-order valence-corrected chi connectivity index (χ4v) is 4.44. The number of fused-ring (bicyclic) bond motifs is 1. The molecule has 4 rings (SSSR count). The van der Waals surface area contributed by atoms with Crippen LogP contribution in [0.4, 0.5) is 4.39 Å². The first kappa shape index (κ1) is 19.8. The molecule has 1 aromatic rings. The van der Waals surface area contributed by atoms with Crippen LogP contribution in [0, 0.1) is 11.7 Å². The molecule has 3 fully saturated rings. The van der Waals surface area contributed by atoms with Gasteiger partial charge < -0.3 is 19.4 Å². The number of amides is 3. The summed E-state index contributed by atoms with van der Waals surface area (Å²) in [5.41, 5.74) is 0.657. The number of rotatable bonds is 3. The maximum atomic E-state index is 13.5. The predicted octanol–water partition coefficient (Wildman–Crippen LogP) is 1.02. The fraction of sp³-hybridized carbons (Fsp3) is 0.571. The third-order valence-corrected chi connectivity index (χ3v) is 6.05. The lowest BCUT2D eigenvalue weighted by Crippen LogP contribution is -2.59. The molecule has 0 N–H and O–H groups in total. The Balaban J connectivity index is 1.43. The van der Waals surface area contributed by atoms with Gasteiger partial charge in [-0.25, -0.2) is 4.39 Å². The van der Waals surface area contributed by atoms with Crippen molar-refractivity contribution in [1.82, 2.24) is 14.7 Å². The number of carbonyl (C=O) groups is 3. The smallest absolute Gasteiger partial charge is 0.246 e. The largest absolute Gasteiger partial charge is 0.381 e. The quantitative estimate of drug-likeness (QED) is 0.756. The van der Waals surface area contributed by atoms with Crippen molar-refractivity contribution < 1.29 is 23.5 Å². The Morgan fingerprint density at radius 2 is 1.90 bits per heavy atom. The summed E-state index contributed by atoms with van der Waals surface area (Å²) in [7, 11) is 0. The second kappa shape index (κ2) is 8.49. The van der Waals surface area contributed by atoms with Crippen LogP contribution in [-0.4, -0.2) is 77.9 Å². The summed E-state index contributed by atoms with van der Waals surface area (Å²) in [5, 5.41) is 0. The van der Waals surface area contributed by atoms with Gasteiger partial charge in [-0.05, 0) is 37.0 Å². The van der Waals surface area contributed by atoms with Gasteiger partial charge in [0, 0.05) is 45.3 Å². The molecular formula is C21H26FN3O4. The van der Waals surface area contributed by atoms with Gasteiger partial charge in [-0.15, -0.1) is 0 Å². The Bertz CT molecular complexity index is 796. The molecule has 0 radical (unpaired) electrons. The normalized spacial score (nSPS) is 23.8. The Morgan fingerprint density at radius 1 is 1.10 bits per heavy atom. The van der Waals surface area contributed by atoms with Crippen molar-refractivity contribution in [3.05, 3.63) is 35.6 Å². The van der Waals surface area contributed by atoms with E-state index in [1.165, 1.54) is 17.0 Å². The van der Waals surface area contributed by atoms with Gasteiger partial charge in [0.1, 0.15) is 18.4 Å². The summed E-state index contributed by atoms with van der Waals surface area (Å²) < 4.78 is 18.8. The van der Waals surface area contributed by atoms with E-state index in [0.29, 0.717) is 44.8 Å². The highest BCUT2D eigenvalue weighted by atomic mass is 19.1. The summed E-state index contributed by atoms with van der Waals surface area (Å²) in [6.07, 6.45) is 1.88. The number of benzene rings is 1. The van der Waals surface area contributed by atoms with E-state index in [1.807, 2.05) is 0 Å². The molecule has 0 aromatic heterocycles. The molecule has 29 heavy (non-hydrogen) atoms. The Morgan fingerprint density at radius 3 is 2.66 bits per heavy atom. The van der Waals surface area contributed by atoms with Crippen LogP contribution >= 0.6 is 0 Å². The van der Waals surface area contributed by atoms with E-state index in [0.717, 1.165) is 12.8 Å². The minimum atomic E-state index is -0.558. The fourth-order valence-electron chi connectivity index (χ4n) is 4.44. The third kappa shape index (κ3) is 4.27. The first-order valence-corrected chi connectivity index (χ1v) is 10.2. The van der Waals surface area contributed by atoms with E-state index >= 15 is 0 Å². The van der Waals surface area contributed by atoms with E-state index in [9.17, 15) is 18.8 Å². The van der Waals surface area contributed by atoms with E-state index in [2.05, 4.69) is 0 Å². The highest BCUT2D eigenvalue weighted by Crippen LogP contribution is 2.23. The maximum absolute atomic E-state index is 13.5. The van der Waals surface area contributed by atoms with Crippen LogP contribution in [0.15, 0.2) is 24.3 Å². The zero-order chi connectivity index (χ0) is 20.4. The van der Waals surface area contributed by atoms with Crippen LogP contribution in [0.1, 0.15) is 24.8 Å². The van der Waals surface area contributed by atoms with Crippen LogP contribution in [0.3, 0.4) is 0 Å². The van der Waals surface area contributed by atoms with Gasteiger partial charge in [-0.2, -0.15) is 0 Å². The van der Waals surface area contributed by atoms with Gasteiger partial charge in [0.05, 0.1) is 0 Å². The van der Waals surface area contributed by atoms with Crippen LogP contribution in [0.25, 0.3) is 0 Å². The van der Waals surface area contributed by atoms with Gasteiger partial charge >= 0.3 is 0 Å². The molecule has 1 atom stereocenters. The van der Waals surface area contributed by atoms with E-state index in [-0.39, 0.29) is 42.5 Å². The molecule has 3 amide bonds. The molecule has 0 saturated carbocycles. The second-order valence-electron chi connectivity index (χ2n) is 7.93. The average Bonchev–Trinajstić information content (AvgIpc) is 2.96. The summed E-state index contributed by atoms with van der Waals surface area (Å²) in [4.78, 5) is 43.5. The van der Waals surface area contributed by atoms with Crippen molar-refractivity contribution in [1.29, 1.82) is 0 Å². The molecule has 0 bridgehead atoms. The third-order valence-electron chi connectivity index (χ3n) is 6.05. The molecule has 3 aliphatic heterocycles. The number of hydrogen-bond donors (Lipinski definition) is 0. The number of piperazine rings is 1. The molecule has 156 valence electrons. The first-order chi connectivity index (χ1) is 14.0. The SMILES string of the molecule is O=C(C1CCOCC1)N1CCC2C(=O)N(Cc3cccc(F)c3)CC(=O)N2CC1. The van der Waals surface area contributed by atoms with Gasteiger partial charge in [0.2, 0.25) is 17.7 Å². The number of carbonyl (C=O) groups excluding carboxylic acids is 3. The van der Waals surface area contributed by atoms with Crippen molar-refractivity contribution in [3.8, 4) is 0 Å². The molecule has 8 heteroatoms. The molecule has 0 spiro atoms. The number of nitrogens with zero attached hydrogens (tertiary/aromatic N) is 3. The molecule has 0 aliphatic carbocycles. The zero-order valence-corrected chi connectivity index (χ0v) is 16.4. The summed E-state index contributed by atoms with van der Waals surface area (Å²) in [5.74, 6) is -0.545. The predicted molar refractivity (Wildman–Crippen MR) is 102 cm³/mol. The Labute approximate surface area is 169 Å². The molecule has 3 saturated heterocycles. The van der Waals surface area contributed by atoms with Gasteiger partial charge in [-0.3, -0.25) is 14.4 Å². The van der Waals surface area contributed by atoms with Crippen LogP contribution in [0.2, 0.25) is 0 Å². The lowest BCUT2D eigenvalue weighted by atomic mass is 9.98. The standard InChI is InChI=1S/C21H26FN3O4/c22-17-3-1-2-15(12-17)13-24-14-19(26)25-9-8-23(7-4-18(25)21(24)28)20(27)16-5-10-29-11-6-16/h1-3,12,16,18H,4-11,13-14H2. The van der Waals surface area contributed by atoms with Crippen molar-refractivity contribution in [2.45, 2.75) is 31.8 Å². The van der Waals surface area contributed by atoms with Crippen LogP contribution in [-0.2, 0) is 25.7 Å². The van der Waals surface area contributed by atoms with E-state index in [4.69, 9.17) is 4.74 Å². The molecule has 7 nitrogen and oxygen atoms in total. The second-order valence-corrected chi connectivity index (χ2v) is 7.93. The molecule has 1 aromatic carbocycles. The summed E-state index contributed by atoms with van der Waals surface area (Å²) >= 11 is 0. The van der Waals surface area contributed by atoms with Crippen LogP contribution in [0.5, 0.6) is 0 Å². The minimum absolute atomic E-state index is 0.0141. The van der Waals surface area contributed by atoms with E-state index < -0.39 is 6.04 Å². The maximum Gasteiger partial charge on any atom is 0.246 e.